The predicted octanol–water partition coefficient (Wildman–Crippen LogP) is 22.5. The summed E-state index contributed by atoms with van der Waals surface area (Å²) in [5, 5.41) is 3.92. The number of fused-ring (bicyclic) bond motifs is 13. The quantitative estimate of drug-likeness (QED) is 0.113. The summed E-state index contributed by atoms with van der Waals surface area (Å²) < 4.78 is 141. The van der Waals surface area contributed by atoms with E-state index in [1.807, 2.05) is 126 Å². The number of pyridine rings is 1. The minimum atomic E-state index is -0.754. The number of nitrogens with zero attached hydrogens (tertiary/aromatic N) is 4. The molecule has 0 aliphatic carbocycles. The number of benzene rings is 12. The van der Waals surface area contributed by atoms with E-state index in [-0.39, 0.29) is 16.5 Å². The van der Waals surface area contributed by atoms with Crippen LogP contribution in [0.25, 0.3) is 150 Å². The molecule has 0 spiro atoms. The maximum absolute atomic E-state index is 10.5. The molecule has 0 amide bonds. The zero-order valence-corrected chi connectivity index (χ0v) is 51.2. The van der Waals surface area contributed by atoms with Gasteiger partial charge in [-0.15, -0.1) is 0 Å². The van der Waals surface area contributed by atoms with E-state index >= 15 is 0 Å². The van der Waals surface area contributed by atoms with Gasteiger partial charge in [0.1, 0.15) is 28.5 Å². The van der Waals surface area contributed by atoms with Crippen molar-refractivity contribution in [2.75, 3.05) is 0 Å². The fourth-order valence-corrected chi connectivity index (χ4v) is 13.2. The van der Waals surface area contributed by atoms with Crippen LogP contribution in [0.5, 0.6) is 11.5 Å². The normalized spacial score (nSPS) is 14.2. The largest absolute Gasteiger partial charge is 0.458 e. The van der Waals surface area contributed by atoms with Crippen LogP contribution in [-0.4, -0.2) is 14.1 Å². The van der Waals surface area contributed by atoms with E-state index in [9.17, 15) is 9.60 Å². The Balaban J connectivity index is 0.994. The highest BCUT2D eigenvalue weighted by atomic mass is 16.5. The van der Waals surface area contributed by atoms with E-state index in [0.717, 1.165) is 99.8 Å². The van der Waals surface area contributed by atoms with Gasteiger partial charge in [0, 0.05) is 33.8 Å². The van der Waals surface area contributed by atoms with Gasteiger partial charge in [-0.1, -0.05) is 217 Å². The first-order chi connectivity index (χ1) is 50.3. The Kier molecular flexibility index (Phi) is 9.78. The van der Waals surface area contributed by atoms with Crippen molar-refractivity contribution in [2.45, 2.75) is 52.4 Å². The first-order valence-electron chi connectivity index (χ1n) is 37.2. The van der Waals surface area contributed by atoms with Crippen LogP contribution in [0.2, 0.25) is 0 Å². The molecule has 1 aliphatic rings. The van der Waals surface area contributed by atoms with Crippen LogP contribution in [0.1, 0.15) is 70.5 Å². The Morgan fingerprint density at radius 3 is 1.73 bits per heavy atom. The van der Waals surface area contributed by atoms with Crippen LogP contribution in [0.15, 0.2) is 283 Å². The lowest BCUT2D eigenvalue weighted by Gasteiger charge is -2.26. The topological polar surface area (TPSA) is 49.0 Å². The number of aromatic nitrogens is 4. The third kappa shape index (κ3) is 9.23. The molecule has 12 aromatic carbocycles. The van der Waals surface area contributed by atoms with Crippen molar-refractivity contribution in [3.8, 4) is 107 Å². The van der Waals surface area contributed by atoms with Gasteiger partial charge in [0.25, 0.3) is 6.33 Å². The lowest BCUT2D eigenvalue weighted by atomic mass is 9.81. The lowest BCUT2D eigenvalue weighted by molar-refractivity contribution is -0.570. The van der Waals surface area contributed by atoms with E-state index in [1.54, 1.807) is 6.07 Å². The second-order valence-electron chi connectivity index (χ2n) is 25.5. The van der Waals surface area contributed by atoms with Crippen molar-refractivity contribution < 1.29 is 31.5 Å². The van der Waals surface area contributed by atoms with Crippen molar-refractivity contribution in [3.05, 3.63) is 296 Å². The molecule has 6 nitrogen and oxygen atoms in total. The summed E-state index contributed by atoms with van der Waals surface area (Å²) in [6.07, 6.45) is 5.78. The maximum Gasteiger partial charge on any atom is 0.269 e. The molecule has 17 rings (SSSR count). The van der Waals surface area contributed by atoms with E-state index in [4.69, 9.17) is 22.4 Å². The SMILES string of the molecule is [2H]c1c([2H])c([2H])c(-c2c([2H])c(-c3cc4c5c(c3)n(-c3cccc(Oc6ccc7c8ccccc8n(-c8cc(C(C)(C)C)ccn8)c7c6)c3)[c-][n+]5-c3c(-c5ccc6oc7ccccc7c6c5)cc(C(C)(C)C)cc3-c3ccccc3-c3ccccc3-4)c([2H])c(-c3c([2H])c([2H])c([2H])c([2H])c3[2H])c2[2H])c([2H])c1[2H]. The van der Waals surface area contributed by atoms with Crippen LogP contribution in [-0.2, 0) is 10.8 Å². The monoisotopic (exact) mass is 1200 g/mol. The van der Waals surface area contributed by atoms with E-state index in [1.165, 1.54) is 0 Å². The molecule has 0 N–H and O–H groups in total. The fraction of sp³-hybridized carbons (Fsp3) is 0.0930. The van der Waals surface area contributed by atoms with E-state index in [0.29, 0.717) is 39.3 Å². The molecule has 440 valence electrons. The minimum absolute atomic E-state index is 0.149. The highest BCUT2D eigenvalue weighted by Gasteiger charge is 2.30. The zero-order chi connectivity index (χ0) is 73.3. The maximum atomic E-state index is 10.5. The van der Waals surface area contributed by atoms with Gasteiger partial charge in [-0.05, 0) is 191 Å². The molecular formula is C86H64N4O2. The van der Waals surface area contributed by atoms with Gasteiger partial charge < -0.3 is 9.15 Å². The Hall–Kier alpha value is -11.3. The zero-order valence-electron chi connectivity index (χ0n) is 64.2. The van der Waals surface area contributed by atoms with E-state index < -0.39 is 106 Å². The Labute approximate surface area is 553 Å². The standard InChI is InChI=1S/C86H64N4O2/c1-85(2,3)61-40-41-87-82(50-61)90-77-34-19-17-32-70(77)71-38-37-65(52-78(71)90)91-64-27-21-26-63(51-64)88-53-89-83-73(56-36-39-81-74(45-56)72-33-18-20-35-80(72)92-81)48-62(86(4,5)6)49-76(83)69-31-16-14-29-67(69)66-28-13-15-30-68(66)75-46-60(47-79(88)84(75)89)59-43-57(54-22-9-7-10-23-54)42-58(44-59)55-24-11-8-12-25-55/h7-52H,1-6H3/i7D,8D,9D,10D,11D,12D,22D,23D,24D,25D,42D,43D,44D. The molecule has 0 unspecified atom stereocenters. The third-order valence-electron chi connectivity index (χ3n) is 17.7. The highest BCUT2D eigenvalue weighted by Crippen LogP contribution is 2.49. The molecule has 0 saturated heterocycles. The van der Waals surface area contributed by atoms with Crippen LogP contribution >= 0.6 is 0 Å². The Morgan fingerprint density at radius 1 is 0.424 bits per heavy atom. The molecule has 5 heterocycles. The average Bonchev–Trinajstić information content (AvgIpc) is 1.70. The number of imidazole rings is 1. The first-order valence-corrected chi connectivity index (χ1v) is 30.7. The number of hydrogen-bond acceptors (Lipinski definition) is 3. The van der Waals surface area contributed by atoms with Crippen molar-refractivity contribution in [2.24, 2.45) is 0 Å². The van der Waals surface area contributed by atoms with Gasteiger partial charge in [0.15, 0.2) is 0 Å². The smallest absolute Gasteiger partial charge is 0.269 e. The molecule has 0 saturated carbocycles. The van der Waals surface area contributed by atoms with Crippen LogP contribution in [0.4, 0.5) is 0 Å². The van der Waals surface area contributed by atoms with Crippen molar-refractivity contribution >= 4 is 54.8 Å². The molecule has 1 aliphatic heterocycles. The summed E-state index contributed by atoms with van der Waals surface area (Å²) in [5.74, 6) is 1.76. The summed E-state index contributed by atoms with van der Waals surface area (Å²) >= 11 is 0. The lowest BCUT2D eigenvalue weighted by Crippen LogP contribution is -2.32. The van der Waals surface area contributed by atoms with Crippen LogP contribution in [0.3, 0.4) is 0 Å². The van der Waals surface area contributed by atoms with E-state index in [2.05, 4.69) is 130 Å². The van der Waals surface area contributed by atoms with Crippen molar-refractivity contribution in [1.82, 2.24) is 14.1 Å². The van der Waals surface area contributed by atoms with Gasteiger partial charge >= 0.3 is 0 Å². The fourth-order valence-electron chi connectivity index (χ4n) is 13.2. The van der Waals surface area contributed by atoms with Crippen LogP contribution < -0.4 is 9.30 Å². The Bertz CT molecular complexity index is 6320. The van der Waals surface area contributed by atoms with Gasteiger partial charge in [0.2, 0.25) is 0 Å². The Morgan fingerprint density at radius 2 is 1.02 bits per heavy atom. The summed E-state index contributed by atoms with van der Waals surface area (Å²) in [7, 11) is 0. The highest BCUT2D eigenvalue weighted by molar-refractivity contribution is 6.10. The summed E-state index contributed by atoms with van der Waals surface area (Å²) in [6, 6.07) is 55.3. The van der Waals surface area contributed by atoms with Crippen molar-refractivity contribution in [1.29, 1.82) is 0 Å². The van der Waals surface area contributed by atoms with Gasteiger partial charge in [-0.25, -0.2) is 4.98 Å². The molecule has 92 heavy (non-hydrogen) atoms. The molecule has 4 aromatic heterocycles. The van der Waals surface area contributed by atoms with Crippen molar-refractivity contribution in [3.63, 3.8) is 0 Å². The summed E-state index contributed by atoms with van der Waals surface area (Å²) in [6.45, 7) is 13.1. The molecule has 16 aromatic rings. The molecular weight excluding hydrogens is 1120 g/mol. The van der Waals surface area contributed by atoms with Gasteiger partial charge in [0.05, 0.1) is 51.3 Å². The second-order valence-corrected chi connectivity index (χ2v) is 25.5. The second kappa shape index (κ2) is 21.1. The molecule has 0 atom stereocenters. The molecule has 0 radical (unpaired) electrons. The minimum Gasteiger partial charge on any atom is -0.458 e. The predicted molar refractivity (Wildman–Crippen MR) is 379 cm³/mol. The summed E-state index contributed by atoms with van der Waals surface area (Å²) in [4.78, 5) is 4.93. The number of hydrogen-bond donors (Lipinski definition) is 0. The number of rotatable bonds is 8. The summed E-state index contributed by atoms with van der Waals surface area (Å²) in [5.41, 5.74) is 11.7. The average molecular weight is 1200 g/mol. The number of ether oxygens (including phenoxy) is 1. The van der Waals surface area contributed by atoms with Gasteiger partial charge in [-0.2, -0.15) is 0 Å². The van der Waals surface area contributed by atoms with Gasteiger partial charge in [-0.3, -0.25) is 13.7 Å². The molecule has 6 heteroatoms. The van der Waals surface area contributed by atoms with Crippen LogP contribution in [0, 0.1) is 6.33 Å². The number of para-hydroxylation sites is 2. The molecule has 0 bridgehead atoms. The molecule has 0 fully saturated rings. The third-order valence-corrected chi connectivity index (χ3v) is 17.7. The first kappa shape index (κ1) is 42.6. The number of furan rings is 1.